The van der Waals surface area contributed by atoms with Crippen LogP contribution in [0.2, 0.25) is 0 Å². The third-order valence-electron chi connectivity index (χ3n) is 2.30. The van der Waals surface area contributed by atoms with Crippen molar-refractivity contribution in [2.45, 2.75) is 33.8 Å². The second kappa shape index (κ2) is 5.65. The molecule has 0 amide bonds. The number of nitrogen functional groups attached to an aromatic ring is 1. The first-order valence-corrected chi connectivity index (χ1v) is 5.50. The van der Waals surface area contributed by atoms with Gasteiger partial charge in [-0.2, -0.15) is 0 Å². The van der Waals surface area contributed by atoms with Crippen molar-refractivity contribution < 1.29 is 4.74 Å². The van der Waals surface area contributed by atoms with Crippen molar-refractivity contribution >= 4 is 11.6 Å². The van der Waals surface area contributed by atoms with Crippen LogP contribution < -0.4 is 11.1 Å². The summed E-state index contributed by atoms with van der Waals surface area (Å²) in [6.07, 6.45) is 0.154. The van der Waals surface area contributed by atoms with Gasteiger partial charge in [-0.1, -0.05) is 0 Å². The molecule has 5 nitrogen and oxygen atoms in total. The summed E-state index contributed by atoms with van der Waals surface area (Å²) in [6, 6.07) is 0. The number of aromatic nitrogens is 2. The van der Waals surface area contributed by atoms with Gasteiger partial charge in [0.05, 0.1) is 6.10 Å². The average molecular weight is 224 g/mol. The lowest BCUT2D eigenvalue weighted by molar-refractivity contribution is 0.0854. The van der Waals surface area contributed by atoms with E-state index in [1.165, 1.54) is 0 Å². The van der Waals surface area contributed by atoms with Crippen LogP contribution in [0.5, 0.6) is 0 Å². The fourth-order valence-electron chi connectivity index (χ4n) is 1.41. The molecular weight excluding hydrogens is 204 g/mol. The Labute approximate surface area is 96.4 Å². The summed E-state index contributed by atoms with van der Waals surface area (Å²) in [5, 5.41) is 3.22. The molecule has 0 aliphatic carbocycles. The van der Waals surface area contributed by atoms with Crippen LogP contribution >= 0.6 is 0 Å². The predicted molar refractivity (Wildman–Crippen MR) is 65.5 cm³/mol. The first-order valence-electron chi connectivity index (χ1n) is 5.50. The second-order valence-electron chi connectivity index (χ2n) is 3.78. The summed E-state index contributed by atoms with van der Waals surface area (Å²) in [4.78, 5) is 8.40. The largest absolute Gasteiger partial charge is 0.383 e. The van der Waals surface area contributed by atoms with Crippen molar-refractivity contribution in [2.24, 2.45) is 0 Å². The summed E-state index contributed by atoms with van der Waals surface area (Å²) >= 11 is 0. The van der Waals surface area contributed by atoms with E-state index in [1.807, 2.05) is 27.7 Å². The maximum absolute atomic E-state index is 5.76. The van der Waals surface area contributed by atoms with Crippen molar-refractivity contribution in [3.05, 3.63) is 11.4 Å². The van der Waals surface area contributed by atoms with Crippen LogP contribution in [0.4, 0.5) is 11.6 Å². The Morgan fingerprint density at radius 1 is 1.38 bits per heavy atom. The first-order chi connectivity index (χ1) is 7.54. The zero-order chi connectivity index (χ0) is 12.1. The Bertz CT molecular complexity index is 354. The Morgan fingerprint density at radius 2 is 2.06 bits per heavy atom. The molecule has 0 fully saturated rings. The van der Waals surface area contributed by atoms with Crippen molar-refractivity contribution in [3.63, 3.8) is 0 Å². The summed E-state index contributed by atoms with van der Waals surface area (Å²) in [7, 11) is 0. The Hall–Kier alpha value is -1.36. The van der Waals surface area contributed by atoms with Crippen molar-refractivity contribution in [1.82, 2.24) is 9.97 Å². The van der Waals surface area contributed by atoms with Gasteiger partial charge >= 0.3 is 0 Å². The van der Waals surface area contributed by atoms with Gasteiger partial charge < -0.3 is 15.8 Å². The van der Waals surface area contributed by atoms with Gasteiger partial charge in [0, 0.05) is 18.7 Å². The molecule has 5 heteroatoms. The maximum atomic E-state index is 5.76. The molecule has 0 aliphatic heterocycles. The molecule has 1 aromatic heterocycles. The first kappa shape index (κ1) is 12.7. The molecule has 1 aromatic rings. The molecule has 90 valence electrons. The third kappa shape index (κ3) is 3.34. The van der Waals surface area contributed by atoms with Crippen molar-refractivity contribution in [2.75, 3.05) is 24.2 Å². The molecular formula is C11H20N4O. The number of aryl methyl sites for hydroxylation is 1. The summed E-state index contributed by atoms with van der Waals surface area (Å²) < 4.78 is 5.43. The van der Waals surface area contributed by atoms with Crippen LogP contribution in [0.3, 0.4) is 0 Å². The molecule has 0 aliphatic rings. The standard InChI is InChI=1S/C11H20N4O/c1-5-16-7(2)6-13-11-8(3)10(12)14-9(4)15-11/h7H,5-6H2,1-4H3,(H3,12,13,14,15). The molecule has 3 N–H and O–H groups in total. The number of hydrogen-bond acceptors (Lipinski definition) is 5. The number of anilines is 2. The van der Waals surface area contributed by atoms with Crippen LogP contribution in [0, 0.1) is 13.8 Å². The van der Waals surface area contributed by atoms with Crippen LogP contribution in [0.1, 0.15) is 25.2 Å². The second-order valence-corrected chi connectivity index (χ2v) is 3.78. The van der Waals surface area contributed by atoms with Gasteiger partial charge in [-0.05, 0) is 27.7 Å². The fraction of sp³-hybridized carbons (Fsp3) is 0.636. The summed E-state index contributed by atoms with van der Waals surface area (Å²) in [6.45, 7) is 9.16. The van der Waals surface area contributed by atoms with E-state index in [1.54, 1.807) is 0 Å². The molecule has 1 heterocycles. The Kier molecular flexibility index (Phi) is 4.49. The lowest BCUT2D eigenvalue weighted by Gasteiger charge is -2.15. The smallest absolute Gasteiger partial charge is 0.134 e. The predicted octanol–water partition coefficient (Wildman–Crippen LogP) is 1.51. The zero-order valence-electron chi connectivity index (χ0n) is 10.4. The van der Waals surface area contributed by atoms with E-state index < -0.39 is 0 Å². The fourth-order valence-corrected chi connectivity index (χ4v) is 1.41. The topological polar surface area (TPSA) is 73.1 Å². The molecule has 16 heavy (non-hydrogen) atoms. The van der Waals surface area contributed by atoms with Gasteiger partial charge in [-0.3, -0.25) is 0 Å². The normalized spacial score (nSPS) is 12.5. The van der Waals surface area contributed by atoms with Crippen molar-refractivity contribution in [1.29, 1.82) is 0 Å². The maximum Gasteiger partial charge on any atom is 0.134 e. The monoisotopic (exact) mass is 224 g/mol. The van der Waals surface area contributed by atoms with E-state index in [-0.39, 0.29) is 6.10 Å². The number of nitrogens with zero attached hydrogens (tertiary/aromatic N) is 2. The third-order valence-corrected chi connectivity index (χ3v) is 2.30. The lowest BCUT2D eigenvalue weighted by Crippen LogP contribution is -2.21. The number of nitrogens with one attached hydrogen (secondary N) is 1. The highest BCUT2D eigenvalue weighted by molar-refractivity contribution is 5.54. The molecule has 0 radical (unpaired) electrons. The minimum absolute atomic E-state index is 0.154. The van der Waals surface area contributed by atoms with E-state index in [0.717, 1.165) is 11.4 Å². The quantitative estimate of drug-likeness (QED) is 0.793. The molecule has 0 aromatic carbocycles. The molecule has 0 saturated carbocycles. The lowest BCUT2D eigenvalue weighted by atomic mass is 10.3. The molecule has 0 bridgehead atoms. The number of ether oxygens (including phenoxy) is 1. The van der Waals surface area contributed by atoms with Crippen LogP contribution in [0.15, 0.2) is 0 Å². The van der Waals surface area contributed by atoms with Crippen LogP contribution in [-0.2, 0) is 4.74 Å². The number of rotatable bonds is 5. The van der Waals surface area contributed by atoms with E-state index in [9.17, 15) is 0 Å². The highest BCUT2D eigenvalue weighted by atomic mass is 16.5. The van der Waals surface area contributed by atoms with E-state index in [2.05, 4.69) is 15.3 Å². The van der Waals surface area contributed by atoms with Gasteiger partial charge in [0.25, 0.3) is 0 Å². The Balaban J connectivity index is 2.66. The van der Waals surface area contributed by atoms with E-state index in [0.29, 0.717) is 24.8 Å². The van der Waals surface area contributed by atoms with Gasteiger partial charge in [0.15, 0.2) is 0 Å². The SMILES string of the molecule is CCOC(C)CNc1nc(C)nc(N)c1C. The summed E-state index contributed by atoms with van der Waals surface area (Å²) in [5.74, 6) is 1.99. The van der Waals surface area contributed by atoms with Gasteiger partial charge in [-0.25, -0.2) is 9.97 Å². The average Bonchev–Trinajstić information content (AvgIpc) is 2.21. The van der Waals surface area contributed by atoms with Crippen molar-refractivity contribution in [3.8, 4) is 0 Å². The van der Waals surface area contributed by atoms with Gasteiger partial charge in [0.2, 0.25) is 0 Å². The minimum atomic E-state index is 0.154. The molecule has 0 spiro atoms. The van der Waals surface area contributed by atoms with Crippen LogP contribution in [0.25, 0.3) is 0 Å². The minimum Gasteiger partial charge on any atom is -0.383 e. The highest BCUT2D eigenvalue weighted by Gasteiger charge is 2.07. The number of hydrogen-bond donors (Lipinski definition) is 2. The molecule has 0 saturated heterocycles. The van der Waals surface area contributed by atoms with E-state index >= 15 is 0 Å². The zero-order valence-corrected chi connectivity index (χ0v) is 10.4. The van der Waals surface area contributed by atoms with E-state index in [4.69, 9.17) is 10.5 Å². The molecule has 1 unspecified atom stereocenters. The highest BCUT2D eigenvalue weighted by Crippen LogP contribution is 2.16. The van der Waals surface area contributed by atoms with Crippen LogP contribution in [-0.4, -0.2) is 29.2 Å². The molecule has 1 atom stereocenters. The van der Waals surface area contributed by atoms with Gasteiger partial charge in [-0.15, -0.1) is 0 Å². The van der Waals surface area contributed by atoms with Gasteiger partial charge in [0.1, 0.15) is 17.5 Å². The Morgan fingerprint density at radius 3 is 2.69 bits per heavy atom. The number of nitrogens with two attached hydrogens (primary N) is 1. The molecule has 1 rings (SSSR count). The summed E-state index contributed by atoms with van der Waals surface area (Å²) in [5.41, 5.74) is 6.65.